The van der Waals surface area contributed by atoms with Crippen molar-refractivity contribution in [2.24, 2.45) is 5.73 Å². The molecule has 72 valence electrons. The molecule has 0 amide bonds. The van der Waals surface area contributed by atoms with Gasteiger partial charge in [0.1, 0.15) is 5.82 Å². The van der Waals surface area contributed by atoms with Gasteiger partial charge in [0.05, 0.1) is 6.54 Å². The highest BCUT2D eigenvalue weighted by Gasteiger charge is 2.31. The SMILES string of the molecule is NCC(F)(F)c1ccc(F)cc1Br. The van der Waals surface area contributed by atoms with Crippen LogP contribution in [0.5, 0.6) is 0 Å². The van der Waals surface area contributed by atoms with Gasteiger partial charge >= 0.3 is 0 Å². The predicted molar refractivity (Wildman–Crippen MR) is 47.0 cm³/mol. The fourth-order valence-electron chi connectivity index (χ4n) is 0.896. The molecule has 0 aliphatic rings. The summed E-state index contributed by atoms with van der Waals surface area (Å²) in [7, 11) is 0. The third-order valence-electron chi connectivity index (χ3n) is 1.58. The Hall–Kier alpha value is -0.550. The third kappa shape index (κ3) is 2.22. The van der Waals surface area contributed by atoms with Crippen molar-refractivity contribution in [2.75, 3.05) is 6.54 Å². The van der Waals surface area contributed by atoms with Gasteiger partial charge in [-0.3, -0.25) is 0 Å². The first-order valence-corrected chi connectivity index (χ1v) is 4.30. The molecule has 0 atom stereocenters. The van der Waals surface area contributed by atoms with Crippen molar-refractivity contribution >= 4 is 15.9 Å². The number of halogens is 4. The van der Waals surface area contributed by atoms with Crippen LogP contribution in [-0.2, 0) is 5.92 Å². The number of nitrogens with two attached hydrogens (primary N) is 1. The molecule has 0 spiro atoms. The minimum absolute atomic E-state index is 0.0305. The summed E-state index contributed by atoms with van der Waals surface area (Å²) in [5, 5.41) is 0. The Balaban J connectivity index is 3.16. The zero-order valence-electron chi connectivity index (χ0n) is 6.53. The Labute approximate surface area is 81.9 Å². The summed E-state index contributed by atoms with van der Waals surface area (Å²) in [4.78, 5) is 0. The van der Waals surface area contributed by atoms with Gasteiger partial charge in [0.15, 0.2) is 0 Å². The molecule has 0 saturated carbocycles. The quantitative estimate of drug-likeness (QED) is 0.862. The van der Waals surface area contributed by atoms with Crippen molar-refractivity contribution in [3.63, 3.8) is 0 Å². The second kappa shape index (κ2) is 3.67. The van der Waals surface area contributed by atoms with Crippen LogP contribution in [0.4, 0.5) is 13.2 Å². The van der Waals surface area contributed by atoms with Crippen LogP contribution in [0.25, 0.3) is 0 Å². The van der Waals surface area contributed by atoms with Crippen LogP contribution in [0.2, 0.25) is 0 Å². The molecule has 1 aromatic rings. The summed E-state index contributed by atoms with van der Waals surface area (Å²) in [5.41, 5.74) is 4.59. The van der Waals surface area contributed by atoms with E-state index in [2.05, 4.69) is 15.9 Å². The van der Waals surface area contributed by atoms with E-state index in [0.717, 1.165) is 18.2 Å². The minimum atomic E-state index is -3.12. The van der Waals surface area contributed by atoms with Crippen LogP contribution in [0.15, 0.2) is 22.7 Å². The van der Waals surface area contributed by atoms with Gasteiger partial charge in [0.25, 0.3) is 5.92 Å². The standard InChI is InChI=1S/C8H7BrF3N/c9-7-3-5(10)1-2-6(7)8(11,12)4-13/h1-3H,4,13H2. The van der Waals surface area contributed by atoms with E-state index in [9.17, 15) is 13.2 Å². The Morgan fingerprint density at radius 2 is 2.00 bits per heavy atom. The molecule has 13 heavy (non-hydrogen) atoms. The summed E-state index contributed by atoms with van der Waals surface area (Å²) < 4.78 is 38.6. The van der Waals surface area contributed by atoms with Gasteiger partial charge < -0.3 is 5.73 Å². The van der Waals surface area contributed by atoms with Gasteiger partial charge in [-0.15, -0.1) is 0 Å². The molecular weight excluding hydrogens is 247 g/mol. The third-order valence-corrected chi connectivity index (χ3v) is 2.24. The van der Waals surface area contributed by atoms with E-state index < -0.39 is 18.3 Å². The molecular formula is C8H7BrF3N. The summed E-state index contributed by atoms with van der Waals surface area (Å²) in [6.45, 7) is -0.794. The average molecular weight is 254 g/mol. The van der Waals surface area contributed by atoms with Crippen molar-refractivity contribution in [1.82, 2.24) is 0 Å². The second-order valence-corrected chi connectivity index (χ2v) is 3.39. The number of benzene rings is 1. The monoisotopic (exact) mass is 253 g/mol. The van der Waals surface area contributed by atoms with Gasteiger partial charge in [0, 0.05) is 10.0 Å². The summed E-state index contributed by atoms with van der Waals surface area (Å²) in [5.74, 6) is -3.68. The maximum Gasteiger partial charge on any atom is 0.286 e. The van der Waals surface area contributed by atoms with Crippen LogP contribution >= 0.6 is 15.9 Å². The minimum Gasteiger partial charge on any atom is -0.325 e. The topological polar surface area (TPSA) is 26.0 Å². The van der Waals surface area contributed by atoms with Gasteiger partial charge in [-0.05, 0) is 18.2 Å². The fraction of sp³-hybridized carbons (Fsp3) is 0.250. The first kappa shape index (κ1) is 10.5. The van der Waals surface area contributed by atoms with Crippen LogP contribution < -0.4 is 5.73 Å². The molecule has 5 heteroatoms. The average Bonchev–Trinajstić information content (AvgIpc) is 2.03. The van der Waals surface area contributed by atoms with Gasteiger partial charge in [-0.25, -0.2) is 4.39 Å². The highest BCUT2D eigenvalue weighted by atomic mass is 79.9. The van der Waals surface area contributed by atoms with Crippen molar-refractivity contribution in [2.45, 2.75) is 5.92 Å². The molecule has 0 aliphatic carbocycles. The molecule has 0 unspecified atom stereocenters. The van der Waals surface area contributed by atoms with Crippen molar-refractivity contribution in [1.29, 1.82) is 0 Å². The molecule has 0 bridgehead atoms. The lowest BCUT2D eigenvalue weighted by Gasteiger charge is -2.15. The second-order valence-electron chi connectivity index (χ2n) is 2.53. The Kier molecular flexibility index (Phi) is 2.98. The van der Waals surface area contributed by atoms with E-state index in [0.29, 0.717) is 0 Å². The number of alkyl halides is 2. The van der Waals surface area contributed by atoms with Crippen molar-refractivity contribution < 1.29 is 13.2 Å². The smallest absolute Gasteiger partial charge is 0.286 e. The molecule has 0 radical (unpaired) electrons. The largest absolute Gasteiger partial charge is 0.325 e. The number of hydrogen-bond donors (Lipinski definition) is 1. The Bertz CT molecular complexity index is 314. The van der Waals surface area contributed by atoms with E-state index in [1.54, 1.807) is 0 Å². The molecule has 2 N–H and O–H groups in total. The van der Waals surface area contributed by atoms with Gasteiger partial charge in [0.2, 0.25) is 0 Å². The maximum absolute atomic E-state index is 13.0. The first-order chi connectivity index (χ1) is 5.97. The van der Waals surface area contributed by atoms with Crippen LogP contribution in [0.1, 0.15) is 5.56 Å². The molecule has 1 aromatic carbocycles. The molecule has 0 aliphatic heterocycles. The first-order valence-electron chi connectivity index (χ1n) is 3.51. The van der Waals surface area contributed by atoms with Crippen LogP contribution in [0.3, 0.4) is 0 Å². The summed E-state index contributed by atoms with van der Waals surface area (Å²) in [6, 6.07) is 2.98. The Morgan fingerprint density at radius 1 is 1.38 bits per heavy atom. The van der Waals surface area contributed by atoms with Gasteiger partial charge in [-0.1, -0.05) is 15.9 Å². The van der Waals surface area contributed by atoms with E-state index in [-0.39, 0.29) is 10.0 Å². The van der Waals surface area contributed by atoms with Crippen LogP contribution in [-0.4, -0.2) is 6.54 Å². The lowest BCUT2D eigenvalue weighted by atomic mass is 10.1. The van der Waals surface area contributed by atoms with E-state index in [1.165, 1.54) is 0 Å². The molecule has 0 heterocycles. The van der Waals surface area contributed by atoms with Crippen molar-refractivity contribution in [3.8, 4) is 0 Å². The molecule has 0 aromatic heterocycles. The normalized spacial score (nSPS) is 11.8. The summed E-state index contributed by atoms with van der Waals surface area (Å²) in [6.07, 6.45) is 0. The lowest BCUT2D eigenvalue weighted by Crippen LogP contribution is -2.25. The zero-order valence-corrected chi connectivity index (χ0v) is 8.11. The van der Waals surface area contributed by atoms with E-state index in [4.69, 9.17) is 5.73 Å². The highest BCUT2D eigenvalue weighted by Crippen LogP contribution is 2.32. The van der Waals surface area contributed by atoms with E-state index >= 15 is 0 Å². The fourth-order valence-corrected chi connectivity index (χ4v) is 1.54. The highest BCUT2D eigenvalue weighted by molar-refractivity contribution is 9.10. The van der Waals surface area contributed by atoms with E-state index in [1.807, 2.05) is 0 Å². The number of rotatable bonds is 2. The predicted octanol–water partition coefficient (Wildman–Crippen LogP) is 2.64. The Morgan fingerprint density at radius 3 is 2.46 bits per heavy atom. The van der Waals surface area contributed by atoms with Crippen LogP contribution in [0, 0.1) is 5.82 Å². The maximum atomic E-state index is 13.0. The number of hydrogen-bond acceptors (Lipinski definition) is 1. The zero-order chi connectivity index (χ0) is 10.1. The van der Waals surface area contributed by atoms with Crippen molar-refractivity contribution in [3.05, 3.63) is 34.1 Å². The molecule has 1 nitrogen and oxygen atoms in total. The summed E-state index contributed by atoms with van der Waals surface area (Å²) >= 11 is 2.85. The lowest BCUT2D eigenvalue weighted by molar-refractivity contribution is 0.00514. The molecule has 0 fully saturated rings. The van der Waals surface area contributed by atoms with Gasteiger partial charge in [-0.2, -0.15) is 8.78 Å². The molecule has 1 rings (SSSR count). The molecule has 0 saturated heterocycles.